The standard InChI is InChI=1S/C21H22N2O2/c1-16(24)22-15-19-10-11-20(23(25)12-4-5-13-23)14-18(19)9-8-17-6-2-3-7-21(17)22/h2-3,6-11,14H,4-5,12-13,15H2,1H3/b9-8-. The number of nitrogens with zero attached hydrogens (tertiary/aromatic N) is 2. The van der Waals surface area contributed by atoms with Crippen LogP contribution in [0.2, 0.25) is 0 Å². The number of hydroxylamine groups is 2. The summed E-state index contributed by atoms with van der Waals surface area (Å²) in [7, 11) is 0. The van der Waals surface area contributed by atoms with Crippen molar-refractivity contribution in [1.82, 2.24) is 4.65 Å². The minimum Gasteiger partial charge on any atom is -0.627 e. The first-order chi connectivity index (χ1) is 12.1. The largest absolute Gasteiger partial charge is 0.627 e. The van der Waals surface area contributed by atoms with E-state index in [2.05, 4.69) is 6.08 Å². The number of rotatable bonds is 1. The number of hydrogen-bond donors (Lipinski definition) is 0. The third kappa shape index (κ3) is 2.88. The van der Waals surface area contributed by atoms with Crippen molar-refractivity contribution in [3.8, 4) is 0 Å². The maximum absolute atomic E-state index is 13.0. The molecule has 1 saturated heterocycles. The molecule has 0 saturated carbocycles. The van der Waals surface area contributed by atoms with Gasteiger partial charge in [0.15, 0.2) is 0 Å². The molecular weight excluding hydrogens is 312 g/mol. The first-order valence-electron chi connectivity index (χ1n) is 8.84. The second-order valence-corrected chi connectivity index (χ2v) is 6.92. The van der Waals surface area contributed by atoms with Crippen LogP contribution in [0.15, 0.2) is 42.5 Å². The number of anilines is 1. The average Bonchev–Trinajstić information content (AvgIpc) is 3.04. The van der Waals surface area contributed by atoms with Crippen LogP contribution in [0.4, 0.5) is 11.4 Å². The molecule has 0 bridgehead atoms. The highest BCUT2D eigenvalue weighted by Crippen LogP contribution is 2.34. The van der Waals surface area contributed by atoms with Crippen molar-refractivity contribution >= 4 is 29.4 Å². The topological polar surface area (TPSA) is 43.4 Å². The first-order valence-corrected chi connectivity index (χ1v) is 8.84. The van der Waals surface area contributed by atoms with Gasteiger partial charge in [0.1, 0.15) is 5.69 Å². The monoisotopic (exact) mass is 334 g/mol. The van der Waals surface area contributed by atoms with Gasteiger partial charge in [-0.25, -0.2) is 0 Å². The Kier molecular flexibility index (Phi) is 3.94. The van der Waals surface area contributed by atoms with E-state index in [9.17, 15) is 10.0 Å². The molecule has 2 heterocycles. The van der Waals surface area contributed by atoms with Crippen molar-refractivity contribution in [3.63, 3.8) is 0 Å². The Morgan fingerprint density at radius 3 is 2.52 bits per heavy atom. The van der Waals surface area contributed by atoms with Crippen LogP contribution in [-0.4, -0.2) is 19.0 Å². The van der Waals surface area contributed by atoms with Crippen molar-refractivity contribution in [2.24, 2.45) is 0 Å². The summed E-state index contributed by atoms with van der Waals surface area (Å²) in [6.07, 6.45) is 6.08. The van der Waals surface area contributed by atoms with E-state index in [1.807, 2.05) is 48.5 Å². The van der Waals surface area contributed by atoms with Crippen LogP contribution in [0.3, 0.4) is 0 Å². The Hall–Kier alpha value is -2.43. The van der Waals surface area contributed by atoms with Crippen LogP contribution < -0.4 is 9.55 Å². The normalized spacial score (nSPS) is 19.5. The molecule has 2 aromatic carbocycles. The van der Waals surface area contributed by atoms with Gasteiger partial charge in [-0.1, -0.05) is 36.4 Å². The fraction of sp³-hybridized carbons (Fsp3) is 0.286. The molecule has 128 valence electrons. The summed E-state index contributed by atoms with van der Waals surface area (Å²) in [4.78, 5) is 14.0. The highest BCUT2D eigenvalue weighted by molar-refractivity contribution is 5.95. The van der Waals surface area contributed by atoms with Gasteiger partial charge in [-0.2, -0.15) is 0 Å². The number of amides is 1. The summed E-state index contributed by atoms with van der Waals surface area (Å²) in [6, 6.07) is 13.9. The summed E-state index contributed by atoms with van der Waals surface area (Å²) in [5.41, 5.74) is 4.85. The van der Waals surface area contributed by atoms with Gasteiger partial charge in [0.2, 0.25) is 5.91 Å². The second-order valence-electron chi connectivity index (χ2n) is 6.92. The molecule has 0 spiro atoms. The Bertz CT molecular complexity index is 851. The van der Waals surface area contributed by atoms with Crippen LogP contribution in [0.1, 0.15) is 36.5 Å². The summed E-state index contributed by atoms with van der Waals surface area (Å²) in [6.45, 7) is 3.43. The molecule has 1 fully saturated rings. The quantitative estimate of drug-likeness (QED) is 0.576. The van der Waals surface area contributed by atoms with E-state index in [0.29, 0.717) is 19.6 Å². The smallest absolute Gasteiger partial charge is 0.224 e. The van der Waals surface area contributed by atoms with Crippen LogP contribution in [-0.2, 0) is 11.3 Å². The van der Waals surface area contributed by atoms with Crippen molar-refractivity contribution in [1.29, 1.82) is 0 Å². The highest BCUT2D eigenvalue weighted by Gasteiger charge is 2.27. The number of para-hydroxylation sites is 1. The summed E-state index contributed by atoms with van der Waals surface area (Å²) < 4.78 is -0.228. The molecule has 25 heavy (non-hydrogen) atoms. The van der Waals surface area contributed by atoms with Gasteiger partial charge in [-0.15, -0.1) is 0 Å². The number of hydrogen-bond acceptors (Lipinski definition) is 2. The van der Waals surface area contributed by atoms with Gasteiger partial charge < -0.3 is 14.8 Å². The lowest BCUT2D eigenvalue weighted by Crippen LogP contribution is -2.39. The van der Waals surface area contributed by atoms with Gasteiger partial charge in [-0.3, -0.25) is 4.79 Å². The van der Waals surface area contributed by atoms with E-state index in [1.54, 1.807) is 11.8 Å². The molecule has 0 N–H and O–H groups in total. The molecule has 1 amide bonds. The zero-order valence-corrected chi connectivity index (χ0v) is 14.4. The number of quaternary nitrogens is 1. The molecule has 2 aliphatic heterocycles. The van der Waals surface area contributed by atoms with E-state index in [1.165, 1.54) is 0 Å². The molecule has 4 nitrogen and oxygen atoms in total. The molecule has 4 rings (SSSR count). The molecule has 2 aliphatic rings. The van der Waals surface area contributed by atoms with Gasteiger partial charge in [0.05, 0.1) is 25.3 Å². The Morgan fingerprint density at radius 1 is 1.04 bits per heavy atom. The second kappa shape index (κ2) is 6.14. The van der Waals surface area contributed by atoms with E-state index in [-0.39, 0.29) is 10.6 Å². The van der Waals surface area contributed by atoms with Crippen LogP contribution in [0, 0.1) is 5.21 Å². The summed E-state index contributed by atoms with van der Waals surface area (Å²) >= 11 is 0. The van der Waals surface area contributed by atoms with Crippen molar-refractivity contribution in [2.75, 3.05) is 18.0 Å². The Labute approximate surface area is 148 Å². The summed E-state index contributed by atoms with van der Waals surface area (Å²) in [5, 5.41) is 13.0. The fourth-order valence-electron chi connectivity index (χ4n) is 3.83. The molecule has 4 heteroatoms. The maximum Gasteiger partial charge on any atom is 0.224 e. The minimum atomic E-state index is -0.228. The van der Waals surface area contributed by atoms with Crippen molar-refractivity contribution in [3.05, 3.63) is 64.4 Å². The predicted octanol–water partition coefficient (Wildman–Crippen LogP) is 4.32. The lowest BCUT2D eigenvalue weighted by molar-refractivity contribution is -0.116. The SMILES string of the molecule is CC(=O)N1Cc2ccc([N+]3([O-])CCCC3)cc2/C=C\c2ccccc21. The highest BCUT2D eigenvalue weighted by atomic mass is 16.5. The molecule has 0 aliphatic carbocycles. The zero-order valence-electron chi connectivity index (χ0n) is 14.4. The van der Waals surface area contributed by atoms with Crippen LogP contribution in [0.25, 0.3) is 12.2 Å². The van der Waals surface area contributed by atoms with Gasteiger partial charge in [0.25, 0.3) is 0 Å². The first kappa shape index (κ1) is 16.1. The van der Waals surface area contributed by atoms with Gasteiger partial charge in [-0.05, 0) is 28.8 Å². The van der Waals surface area contributed by atoms with E-state index in [4.69, 9.17) is 0 Å². The van der Waals surface area contributed by atoms with Crippen LogP contribution in [0.5, 0.6) is 0 Å². The lowest BCUT2D eigenvalue weighted by Gasteiger charge is -2.38. The molecule has 2 aromatic rings. The molecule has 0 unspecified atom stereocenters. The van der Waals surface area contributed by atoms with Gasteiger partial charge in [0, 0.05) is 25.8 Å². The van der Waals surface area contributed by atoms with E-state index >= 15 is 0 Å². The number of carbonyl (C=O) groups is 1. The Balaban J connectivity index is 1.81. The predicted molar refractivity (Wildman–Crippen MR) is 103 cm³/mol. The third-order valence-corrected chi connectivity index (χ3v) is 5.27. The molecular formula is C21H22N2O2. The Morgan fingerprint density at radius 2 is 1.76 bits per heavy atom. The molecule has 0 aromatic heterocycles. The summed E-state index contributed by atoms with van der Waals surface area (Å²) in [5.74, 6) is 0.0182. The van der Waals surface area contributed by atoms with Gasteiger partial charge >= 0.3 is 0 Å². The van der Waals surface area contributed by atoms with Crippen molar-refractivity contribution in [2.45, 2.75) is 26.3 Å². The number of carbonyl (C=O) groups excluding carboxylic acids is 1. The fourth-order valence-corrected chi connectivity index (χ4v) is 3.83. The third-order valence-electron chi connectivity index (χ3n) is 5.27. The van der Waals surface area contributed by atoms with E-state index in [0.717, 1.165) is 40.9 Å². The zero-order chi connectivity index (χ0) is 17.4. The maximum atomic E-state index is 13.0. The lowest BCUT2D eigenvalue weighted by atomic mass is 10.00. The number of fused-ring (bicyclic) bond motifs is 2. The molecule has 0 atom stereocenters. The van der Waals surface area contributed by atoms with Crippen LogP contribution >= 0.6 is 0 Å². The average molecular weight is 334 g/mol. The van der Waals surface area contributed by atoms with Crippen molar-refractivity contribution < 1.29 is 4.79 Å². The molecule has 0 radical (unpaired) electrons. The number of benzene rings is 2. The van der Waals surface area contributed by atoms with E-state index < -0.39 is 0 Å². The minimum absolute atomic E-state index is 0.0182.